The van der Waals surface area contributed by atoms with Crippen molar-refractivity contribution in [3.05, 3.63) is 42.0 Å². The molecule has 14 heteroatoms. The van der Waals surface area contributed by atoms with Gasteiger partial charge in [-0.3, -0.25) is 33.7 Å². The van der Waals surface area contributed by atoms with Gasteiger partial charge in [0, 0.05) is 41.8 Å². The summed E-state index contributed by atoms with van der Waals surface area (Å²) in [6.45, 7) is 12.2. The molecule has 0 radical (unpaired) electrons. The number of carbonyl (C=O) groups is 7. The number of anilines is 1. The third-order valence-electron chi connectivity index (χ3n) is 7.65. The normalized spacial score (nSPS) is 14.4. The highest BCUT2D eigenvalue weighted by atomic mass is 16.5. The van der Waals surface area contributed by atoms with Crippen LogP contribution in [0, 0.1) is 11.3 Å². The Balaban J connectivity index is 2.16. The van der Waals surface area contributed by atoms with E-state index in [1.165, 1.54) is 12.2 Å². The minimum atomic E-state index is -1.10. The lowest BCUT2D eigenvalue weighted by molar-refractivity contribution is -0.147. The average Bonchev–Trinajstić information content (AvgIpc) is 3.33. The Bertz CT molecular complexity index is 1350. The first-order chi connectivity index (χ1) is 21.9. The second kappa shape index (κ2) is 16.7. The van der Waals surface area contributed by atoms with Gasteiger partial charge in [0.1, 0.15) is 18.7 Å². The fourth-order valence-corrected chi connectivity index (χ4v) is 5.34. The first-order valence-electron chi connectivity index (χ1n) is 15.6. The van der Waals surface area contributed by atoms with E-state index in [0.717, 1.165) is 10.5 Å². The maximum Gasteiger partial charge on any atom is 0.312 e. The van der Waals surface area contributed by atoms with Crippen LogP contribution in [-0.4, -0.2) is 70.6 Å². The van der Waals surface area contributed by atoms with E-state index in [1.807, 2.05) is 0 Å². The summed E-state index contributed by atoms with van der Waals surface area (Å²) in [6.07, 6.45) is 3.22. The van der Waals surface area contributed by atoms with Crippen LogP contribution in [0.1, 0.15) is 79.7 Å². The predicted molar refractivity (Wildman–Crippen MR) is 174 cm³/mol. The molecule has 258 valence electrons. The van der Waals surface area contributed by atoms with Crippen LogP contribution in [0.15, 0.2) is 36.4 Å². The van der Waals surface area contributed by atoms with Crippen LogP contribution in [0.4, 0.5) is 10.5 Å². The molecule has 2 rings (SSSR count). The van der Waals surface area contributed by atoms with Gasteiger partial charge in [0.05, 0.1) is 0 Å². The van der Waals surface area contributed by atoms with Crippen LogP contribution in [0.3, 0.4) is 0 Å². The van der Waals surface area contributed by atoms with E-state index in [9.17, 15) is 33.6 Å². The molecular formula is C33H48N6O8. The van der Waals surface area contributed by atoms with Gasteiger partial charge in [-0.2, -0.15) is 0 Å². The van der Waals surface area contributed by atoms with Crippen molar-refractivity contribution in [2.75, 3.05) is 11.9 Å². The van der Waals surface area contributed by atoms with Crippen molar-refractivity contribution >= 4 is 47.2 Å². The third-order valence-corrected chi connectivity index (χ3v) is 7.65. The number of carbonyl (C=O) groups excluding carboxylic acids is 7. The number of amides is 7. The van der Waals surface area contributed by atoms with Crippen LogP contribution in [0.5, 0.6) is 0 Å². The molecule has 0 aliphatic carbocycles. The number of imide groups is 1. The fourth-order valence-electron chi connectivity index (χ4n) is 5.34. The second-order valence-corrected chi connectivity index (χ2v) is 13.1. The largest absolute Gasteiger partial charge is 0.461 e. The Labute approximate surface area is 275 Å². The molecule has 47 heavy (non-hydrogen) atoms. The SMILES string of the molecule is CCC(=O)OCc1ccc(NC(=O)[C@H](CCCNC(N)=O)NC(=O)[C@@H](NC(=O)C(C)(C)CC(C)(C)N2C(=O)C=CC2=O)C(C)C)cc1. The lowest BCUT2D eigenvalue weighted by Crippen LogP contribution is -2.57. The molecule has 14 nitrogen and oxygen atoms in total. The third kappa shape index (κ3) is 11.5. The highest BCUT2D eigenvalue weighted by molar-refractivity contribution is 6.13. The lowest BCUT2D eigenvalue weighted by Gasteiger charge is -2.40. The van der Waals surface area contributed by atoms with Crippen LogP contribution < -0.4 is 27.0 Å². The first-order valence-corrected chi connectivity index (χ1v) is 15.6. The molecule has 2 atom stereocenters. The van der Waals surface area contributed by atoms with Crippen molar-refractivity contribution in [3.63, 3.8) is 0 Å². The minimum absolute atomic E-state index is 0.0920. The maximum absolute atomic E-state index is 13.6. The van der Waals surface area contributed by atoms with E-state index in [2.05, 4.69) is 21.3 Å². The van der Waals surface area contributed by atoms with E-state index < -0.39 is 58.6 Å². The summed E-state index contributed by atoms with van der Waals surface area (Å²) in [4.78, 5) is 88.8. The van der Waals surface area contributed by atoms with Gasteiger partial charge in [0.2, 0.25) is 17.7 Å². The molecule has 1 aliphatic heterocycles. The van der Waals surface area contributed by atoms with E-state index in [-0.39, 0.29) is 44.3 Å². The maximum atomic E-state index is 13.6. The molecule has 7 amide bonds. The number of nitrogens with one attached hydrogen (secondary N) is 4. The zero-order valence-electron chi connectivity index (χ0n) is 28.2. The van der Waals surface area contributed by atoms with Gasteiger partial charge in [-0.05, 0) is 56.7 Å². The molecule has 0 fully saturated rings. The van der Waals surface area contributed by atoms with Crippen molar-refractivity contribution in [3.8, 4) is 0 Å². The quantitative estimate of drug-likeness (QED) is 0.0953. The van der Waals surface area contributed by atoms with Crippen LogP contribution in [-0.2, 0) is 40.1 Å². The molecule has 0 saturated heterocycles. The predicted octanol–water partition coefficient (Wildman–Crippen LogP) is 2.27. The number of primary amides is 1. The zero-order valence-corrected chi connectivity index (χ0v) is 28.2. The summed E-state index contributed by atoms with van der Waals surface area (Å²) < 4.78 is 5.12. The van der Waals surface area contributed by atoms with E-state index >= 15 is 0 Å². The monoisotopic (exact) mass is 656 g/mol. The molecule has 1 aromatic rings. The van der Waals surface area contributed by atoms with Gasteiger partial charge in [-0.1, -0.05) is 46.8 Å². The first kappa shape index (κ1) is 38.4. The summed E-state index contributed by atoms with van der Waals surface area (Å²) in [5.41, 5.74) is 4.22. The lowest BCUT2D eigenvalue weighted by atomic mass is 9.78. The topological polar surface area (TPSA) is 206 Å². The Hall–Kier alpha value is -4.75. The molecule has 6 N–H and O–H groups in total. The molecule has 1 aromatic carbocycles. The number of benzene rings is 1. The molecule has 1 aliphatic rings. The Morgan fingerprint density at radius 3 is 2.04 bits per heavy atom. The number of ether oxygens (including phenoxy) is 1. The number of hydrogen-bond acceptors (Lipinski definition) is 8. The minimum Gasteiger partial charge on any atom is -0.461 e. The van der Waals surface area contributed by atoms with Crippen molar-refractivity contribution in [2.24, 2.45) is 17.1 Å². The average molecular weight is 657 g/mol. The van der Waals surface area contributed by atoms with Gasteiger partial charge in [0.25, 0.3) is 11.8 Å². The molecule has 0 unspecified atom stereocenters. The molecular weight excluding hydrogens is 608 g/mol. The van der Waals surface area contributed by atoms with Crippen LogP contribution in [0.2, 0.25) is 0 Å². The standard InChI is InChI=1S/C33H48N6O8/c1-8-26(42)47-18-21-11-13-22(14-12-21)36-28(43)23(10-9-17-35-31(34)46)37-29(44)27(20(2)3)38-30(45)32(4,5)19-33(6,7)39-24(40)15-16-25(39)41/h11-16,20,23,27H,8-10,17-19H2,1-7H3,(H,36,43)(H,37,44)(H,38,45)(H3,34,35,46)/t23-,27-/m0/s1. The van der Waals surface area contributed by atoms with E-state index in [1.54, 1.807) is 72.7 Å². The summed E-state index contributed by atoms with van der Waals surface area (Å²) in [5, 5.41) is 10.8. The summed E-state index contributed by atoms with van der Waals surface area (Å²) >= 11 is 0. The molecule has 1 heterocycles. The Morgan fingerprint density at radius 2 is 1.51 bits per heavy atom. The summed E-state index contributed by atoms with van der Waals surface area (Å²) in [5.74, 6) is -3.20. The van der Waals surface area contributed by atoms with E-state index in [4.69, 9.17) is 10.5 Å². The second-order valence-electron chi connectivity index (χ2n) is 13.1. The Morgan fingerprint density at radius 1 is 0.915 bits per heavy atom. The van der Waals surface area contributed by atoms with Crippen molar-refractivity contribution in [1.82, 2.24) is 20.9 Å². The van der Waals surface area contributed by atoms with Gasteiger partial charge in [0.15, 0.2) is 0 Å². The number of urea groups is 1. The van der Waals surface area contributed by atoms with Gasteiger partial charge < -0.3 is 31.7 Å². The van der Waals surface area contributed by atoms with Crippen LogP contribution >= 0.6 is 0 Å². The number of nitrogens with zero attached hydrogens (tertiary/aromatic N) is 1. The van der Waals surface area contributed by atoms with Gasteiger partial charge >= 0.3 is 12.0 Å². The number of nitrogens with two attached hydrogens (primary N) is 1. The van der Waals surface area contributed by atoms with Crippen molar-refractivity contribution < 1.29 is 38.3 Å². The van der Waals surface area contributed by atoms with Gasteiger partial charge in [-0.15, -0.1) is 0 Å². The number of hydrogen-bond donors (Lipinski definition) is 5. The van der Waals surface area contributed by atoms with Crippen LogP contribution in [0.25, 0.3) is 0 Å². The zero-order chi connectivity index (χ0) is 35.5. The smallest absolute Gasteiger partial charge is 0.312 e. The van der Waals surface area contributed by atoms with Crippen molar-refractivity contribution in [2.45, 2.75) is 98.4 Å². The number of esters is 1. The Kier molecular flexibility index (Phi) is 13.7. The molecule has 0 saturated carbocycles. The van der Waals surface area contributed by atoms with E-state index in [0.29, 0.717) is 12.1 Å². The summed E-state index contributed by atoms with van der Waals surface area (Å²) in [7, 11) is 0. The highest BCUT2D eigenvalue weighted by Gasteiger charge is 2.44. The molecule has 0 bridgehead atoms. The number of rotatable bonds is 17. The van der Waals surface area contributed by atoms with Gasteiger partial charge in [-0.25, -0.2) is 4.79 Å². The van der Waals surface area contributed by atoms with Crippen molar-refractivity contribution in [1.29, 1.82) is 0 Å². The highest BCUT2D eigenvalue weighted by Crippen LogP contribution is 2.34. The fraction of sp³-hybridized carbons (Fsp3) is 0.545. The summed E-state index contributed by atoms with van der Waals surface area (Å²) in [6, 6.07) is 3.90. The molecule has 0 spiro atoms. The molecule has 0 aromatic heterocycles.